The molecular weight excluding hydrogens is 367 g/mol. The van der Waals surface area contributed by atoms with Crippen LogP contribution in [0.4, 0.5) is 10.1 Å². The van der Waals surface area contributed by atoms with Gasteiger partial charge in [0.1, 0.15) is 5.82 Å². The van der Waals surface area contributed by atoms with Crippen LogP contribution in [0.1, 0.15) is 24.2 Å². The molecule has 0 atom stereocenters. The van der Waals surface area contributed by atoms with E-state index in [-0.39, 0.29) is 21.5 Å². The third-order valence-corrected chi connectivity index (χ3v) is 6.05. The van der Waals surface area contributed by atoms with Crippen LogP contribution in [0, 0.1) is 5.82 Å². The molecule has 2 aromatic carbocycles. The van der Waals surface area contributed by atoms with Crippen molar-refractivity contribution in [2.24, 2.45) is 0 Å². The van der Waals surface area contributed by atoms with Gasteiger partial charge in [0.05, 0.1) is 15.5 Å². The van der Waals surface area contributed by atoms with Crippen molar-refractivity contribution in [2.45, 2.75) is 24.8 Å². The van der Waals surface area contributed by atoms with Gasteiger partial charge in [0.25, 0.3) is 5.91 Å². The number of sulfonamides is 1. The average molecular weight is 385 g/mol. The molecule has 0 heterocycles. The number of hydrogen-bond donors (Lipinski definition) is 1. The first-order valence-electron chi connectivity index (χ1n) is 7.47. The van der Waals surface area contributed by atoms with E-state index in [9.17, 15) is 17.6 Å². The molecule has 2 aromatic rings. The van der Waals surface area contributed by atoms with E-state index in [1.807, 2.05) is 0 Å². The highest BCUT2D eigenvalue weighted by Crippen LogP contribution is 2.24. The second-order valence-electron chi connectivity index (χ2n) is 5.72. The number of amides is 1. The minimum Gasteiger partial charge on any atom is -0.322 e. The average Bonchev–Trinajstić information content (AvgIpc) is 2.56. The number of anilines is 1. The summed E-state index contributed by atoms with van der Waals surface area (Å²) in [5.41, 5.74) is 0.388. The summed E-state index contributed by atoms with van der Waals surface area (Å²) in [6, 6.07) is 8.91. The lowest BCUT2D eigenvalue weighted by Crippen LogP contribution is -2.33. The molecule has 5 nitrogen and oxygen atoms in total. The number of benzene rings is 2. The Morgan fingerprint density at radius 1 is 1.16 bits per heavy atom. The first kappa shape index (κ1) is 19.4. The van der Waals surface area contributed by atoms with Crippen LogP contribution in [0.15, 0.2) is 47.4 Å². The smallest absolute Gasteiger partial charge is 0.257 e. The van der Waals surface area contributed by atoms with E-state index < -0.39 is 21.7 Å². The van der Waals surface area contributed by atoms with E-state index in [2.05, 4.69) is 5.32 Å². The molecule has 0 unspecified atom stereocenters. The maximum atomic E-state index is 12.9. The predicted molar refractivity (Wildman–Crippen MR) is 95.9 cm³/mol. The molecule has 0 saturated heterocycles. The van der Waals surface area contributed by atoms with Crippen LogP contribution in [0.5, 0.6) is 0 Å². The van der Waals surface area contributed by atoms with Crippen molar-refractivity contribution in [2.75, 3.05) is 12.4 Å². The highest BCUT2D eigenvalue weighted by molar-refractivity contribution is 7.89. The summed E-state index contributed by atoms with van der Waals surface area (Å²) in [6.45, 7) is 3.49. The summed E-state index contributed by atoms with van der Waals surface area (Å²) in [5.74, 6) is -1.01. The lowest BCUT2D eigenvalue weighted by Gasteiger charge is -2.21. The van der Waals surface area contributed by atoms with E-state index in [1.54, 1.807) is 13.8 Å². The molecule has 0 aliphatic rings. The van der Waals surface area contributed by atoms with Gasteiger partial charge < -0.3 is 5.32 Å². The Balaban J connectivity index is 2.35. The maximum Gasteiger partial charge on any atom is 0.257 e. The third-order valence-electron chi connectivity index (χ3n) is 3.69. The Morgan fingerprint density at radius 3 is 2.32 bits per heavy atom. The van der Waals surface area contributed by atoms with Crippen molar-refractivity contribution in [3.63, 3.8) is 0 Å². The lowest BCUT2D eigenvalue weighted by atomic mass is 10.2. The van der Waals surface area contributed by atoms with Gasteiger partial charge >= 0.3 is 0 Å². The minimum absolute atomic E-state index is 0.0178. The Labute approximate surface area is 151 Å². The predicted octanol–water partition coefficient (Wildman–Crippen LogP) is 3.76. The van der Waals surface area contributed by atoms with Crippen molar-refractivity contribution < 1.29 is 17.6 Å². The largest absolute Gasteiger partial charge is 0.322 e. The molecule has 2 rings (SSSR count). The van der Waals surface area contributed by atoms with Crippen molar-refractivity contribution in [3.8, 4) is 0 Å². The van der Waals surface area contributed by atoms with Crippen molar-refractivity contribution in [1.29, 1.82) is 0 Å². The molecule has 0 spiro atoms. The van der Waals surface area contributed by atoms with E-state index in [0.29, 0.717) is 5.69 Å². The summed E-state index contributed by atoms with van der Waals surface area (Å²) >= 11 is 6.05. The summed E-state index contributed by atoms with van der Waals surface area (Å²) in [4.78, 5) is 12.4. The molecule has 1 amide bonds. The summed E-state index contributed by atoms with van der Waals surface area (Å²) in [5, 5.41) is 2.67. The third kappa shape index (κ3) is 4.36. The van der Waals surface area contributed by atoms with Crippen LogP contribution in [0.25, 0.3) is 0 Å². The molecule has 1 N–H and O–H groups in total. The van der Waals surface area contributed by atoms with Gasteiger partial charge in [-0.1, -0.05) is 11.6 Å². The fourth-order valence-electron chi connectivity index (χ4n) is 2.01. The lowest BCUT2D eigenvalue weighted by molar-refractivity contribution is 0.102. The summed E-state index contributed by atoms with van der Waals surface area (Å²) in [7, 11) is -2.28. The molecule has 134 valence electrons. The Morgan fingerprint density at radius 2 is 1.76 bits per heavy atom. The van der Waals surface area contributed by atoms with Crippen molar-refractivity contribution >= 4 is 33.2 Å². The van der Waals surface area contributed by atoms with Gasteiger partial charge in [-0.3, -0.25) is 4.79 Å². The van der Waals surface area contributed by atoms with E-state index in [4.69, 9.17) is 11.6 Å². The first-order valence-corrected chi connectivity index (χ1v) is 9.29. The molecule has 0 aliphatic heterocycles. The van der Waals surface area contributed by atoms with Crippen LogP contribution >= 0.6 is 11.6 Å². The van der Waals surface area contributed by atoms with Crippen molar-refractivity contribution in [1.82, 2.24) is 4.31 Å². The molecular formula is C17H18ClFN2O3S. The van der Waals surface area contributed by atoms with Gasteiger partial charge in [-0.15, -0.1) is 0 Å². The van der Waals surface area contributed by atoms with Gasteiger partial charge in [-0.05, 0) is 56.3 Å². The second kappa shape index (κ2) is 7.51. The molecule has 8 heteroatoms. The molecule has 0 aliphatic carbocycles. The van der Waals surface area contributed by atoms with Gasteiger partial charge in [-0.2, -0.15) is 4.31 Å². The van der Waals surface area contributed by atoms with E-state index >= 15 is 0 Å². The monoisotopic (exact) mass is 384 g/mol. The number of carbonyl (C=O) groups excluding carboxylic acids is 1. The fourth-order valence-corrected chi connectivity index (χ4v) is 3.61. The number of hydrogen-bond acceptors (Lipinski definition) is 3. The molecule has 0 bridgehead atoms. The number of nitrogens with zero attached hydrogens (tertiary/aromatic N) is 1. The van der Waals surface area contributed by atoms with Crippen LogP contribution in [0.3, 0.4) is 0 Å². The van der Waals surface area contributed by atoms with Gasteiger partial charge in [0.15, 0.2) is 0 Å². The zero-order valence-corrected chi connectivity index (χ0v) is 15.5. The number of carbonyl (C=O) groups is 1. The quantitative estimate of drug-likeness (QED) is 0.853. The maximum absolute atomic E-state index is 12.9. The summed E-state index contributed by atoms with van der Waals surface area (Å²) in [6.07, 6.45) is 0. The SMILES string of the molecule is CC(C)N(C)S(=O)(=O)c1ccc(Cl)c(C(=O)Nc2ccc(F)cc2)c1. The normalized spacial score (nSPS) is 11.8. The highest BCUT2D eigenvalue weighted by Gasteiger charge is 2.25. The van der Waals surface area contributed by atoms with Crippen LogP contribution in [0.2, 0.25) is 5.02 Å². The van der Waals surface area contributed by atoms with E-state index in [1.165, 1.54) is 53.8 Å². The first-order chi connectivity index (χ1) is 11.6. The molecule has 0 saturated carbocycles. The Bertz CT molecular complexity index is 883. The zero-order chi connectivity index (χ0) is 18.8. The zero-order valence-electron chi connectivity index (χ0n) is 14.0. The topological polar surface area (TPSA) is 66.5 Å². The molecule has 25 heavy (non-hydrogen) atoms. The van der Waals surface area contributed by atoms with Gasteiger partial charge in [0, 0.05) is 18.8 Å². The van der Waals surface area contributed by atoms with Gasteiger partial charge in [0.2, 0.25) is 10.0 Å². The standard InChI is InChI=1S/C17H18ClFN2O3S/c1-11(2)21(3)25(23,24)14-8-9-16(18)15(10-14)17(22)20-13-6-4-12(19)5-7-13/h4-11H,1-3H3,(H,20,22). The highest BCUT2D eigenvalue weighted by atomic mass is 35.5. The van der Waals surface area contributed by atoms with E-state index in [0.717, 1.165) is 0 Å². The minimum atomic E-state index is -3.74. The Kier molecular flexibility index (Phi) is 5.82. The number of halogens is 2. The van der Waals surface area contributed by atoms with Crippen LogP contribution in [-0.4, -0.2) is 31.7 Å². The van der Waals surface area contributed by atoms with Gasteiger partial charge in [-0.25, -0.2) is 12.8 Å². The second-order valence-corrected chi connectivity index (χ2v) is 8.12. The number of nitrogens with one attached hydrogen (secondary N) is 1. The fraction of sp³-hybridized carbons (Fsp3) is 0.235. The van der Waals surface area contributed by atoms with Crippen LogP contribution < -0.4 is 5.32 Å². The molecule has 0 fully saturated rings. The van der Waals surface area contributed by atoms with Crippen molar-refractivity contribution in [3.05, 3.63) is 58.9 Å². The molecule has 0 radical (unpaired) electrons. The van der Waals surface area contributed by atoms with Crippen LogP contribution in [-0.2, 0) is 10.0 Å². The summed E-state index contributed by atoms with van der Waals surface area (Å²) < 4.78 is 39.3. The Hall–Kier alpha value is -1.96. The number of rotatable bonds is 5. The molecule has 0 aromatic heterocycles.